The summed E-state index contributed by atoms with van der Waals surface area (Å²) in [5, 5.41) is 9.01. The van der Waals surface area contributed by atoms with Crippen LogP contribution >= 0.6 is 11.8 Å². The van der Waals surface area contributed by atoms with Gasteiger partial charge in [0.2, 0.25) is 0 Å². The summed E-state index contributed by atoms with van der Waals surface area (Å²) >= 11 is 1.68. The molecule has 0 radical (unpaired) electrons. The van der Waals surface area contributed by atoms with Crippen LogP contribution in [0.2, 0.25) is 0 Å². The Balaban J connectivity index is 1.66. The molecule has 1 saturated heterocycles. The largest absolute Gasteiger partial charge is 0.353 e. The molecule has 0 unspecified atom stereocenters. The maximum Gasteiger partial charge on any atom is 0.191 e. The molecule has 5 nitrogen and oxygen atoms in total. The van der Waals surface area contributed by atoms with Crippen molar-refractivity contribution in [3.63, 3.8) is 0 Å². The zero-order chi connectivity index (χ0) is 12.8. The van der Waals surface area contributed by atoms with Gasteiger partial charge >= 0.3 is 0 Å². The number of nitrogens with zero attached hydrogens (tertiary/aromatic N) is 3. The van der Waals surface area contributed by atoms with Crippen molar-refractivity contribution in [2.24, 2.45) is 0 Å². The van der Waals surface area contributed by atoms with Crippen LogP contribution in [-0.4, -0.2) is 40.0 Å². The minimum Gasteiger partial charge on any atom is -0.353 e. The fraction of sp³-hybridized carbons (Fsp3) is 0.833. The maximum atomic E-state index is 5.68. The van der Waals surface area contributed by atoms with Crippen molar-refractivity contribution in [3.05, 3.63) is 6.33 Å². The molecule has 1 atom stereocenters. The molecule has 1 aliphatic rings. The second-order valence-electron chi connectivity index (χ2n) is 4.63. The Bertz CT molecular complexity index is 351. The van der Waals surface area contributed by atoms with Gasteiger partial charge in [-0.05, 0) is 33.1 Å². The van der Waals surface area contributed by atoms with E-state index in [2.05, 4.69) is 28.6 Å². The number of aromatic nitrogens is 3. The number of thioether (sulfide) groups is 1. The maximum absolute atomic E-state index is 5.68. The van der Waals surface area contributed by atoms with E-state index < -0.39 is 0 Å². The Labute approximate surface area is 112 Å². The minimum atomic E-state index is 0.00215. The highest BCUT2D eigenvalue weighted by Crippen LogP contribution is 2.19. The second-order valence-corrected chi connectivity index (χ2v) is 5.69. The SMILES string of the molecule is CC(C)n1cnnc1SCCO[C@H]1CCCCO1. The normalized spacial score (nSPS) is 20.5. The van der Waals surface area contributed by atoms with Crippen LogP contribution < -0.4 is 0 Å². The molecule has 0 bridgehead atoms. The molecule has 6 heteroatoms. The summed E-state index contributed by atoms with van der Waals surface area (Å²) in [5.74, 6) is 0.880. The molecule has 18 heavy (non-hydrogen) atoms. The highest BCUT2D eigenvalue weighted by molar-refractivity contribution is 7.99. The monoisotopic (exact) mass is 271 g/mol. The van der Waals surface area contributed by atoms with E-state index in [4.69, 9.17) is 9.47 Å². The van der Waals surface area contributed by atoms with Crippen LogP contribution in [-0.2, 0) is 9.47 Å². The molecule has 0 spiro atoms. The Morgan fingerprint density at radius 3 is 3.17 bits per heavy atom. The van der Waals surface area contributed by atoms with Crippen molar-refractivity contribution >= 4 is 11.8 Å². The first-order chi connectivity index (χ1) is 8.77. The summed E-state index contributed by atoms with van der Waals surface area (Å²) in [6.07, 6.45) is 5.17. The van der Waals surface area contributed by atoms with Gasteiger partial charge in [0.1, 0.15) is 6.33 Å². The molecular weight excluding hydrogens is 250 g/mol. The fourth-order valence-electron chi connectivity index (χ4n) is 1.84. The Hall–Kier alpha value is -0.590. The van der Waals surface area contributed by atoms with Gasteiger partial charge in [0, 0.05) is 18.4 Å². The van der Waals surface area contributed by atoms with Crippen molar-refractivity contribution in [2.45, 2.75) is 50.6 Å². The number of rotatable bonds is 6. The van der Waals surface area contributed by atoms with Crippen molar-refractivity contribution < 1.29 is 9.47 Å². The molecule has 0 aromatic carbocycles. The van der Waals surface area contributed by atoms with Crippen LogP contribution in [0.5, 0.6) is 0 Å². The van der Waals surface area contributed by atoms with Crippen LogP contribution in [0.25, 0.3) is 0 Å². The van der Waals surface area contributed by atoms with E-state index in [1.165, 1.54) is 6.42 Å². The average Bonchev–Trinajstić information content (AvgIpc) is 2.84. The van der Waals surface area contributed by atoms with Crippen molar-refractivity contribution in [2.75, 3.05) is 19.0 Å². The minimum absolute atomic E-state index is 0.00215. The third-order valence-corrected chi connectivity index (χ3v) is 3.77. The lowest BCUT2D eigenvalue weighted by Gasteiger charge is -2.22. The Kier molecular flexibility index (Phi) is 5.46. The first-order valence-corrected chi connectivity index (χ1v) is 7.51. The lowest BCUT2D eigenvalue weighted by atomic mass is 10.2. The summed E-state index contributed by atoms with van der Waals surface area (Å²) in [6.45, 7) is 5.78. The number of ether oxygens (including phenoxy) is 2. The molecule has 0 amide bonds. The lowest BCUT2D eigenvalue weighted by Crippen LogP contribution is -2.23. The zero-order valence-corrected chi connectivity index (χ0v) is 11.9. The van der Waals surface area contributed by atoms with E-state index in [1.807, 2.05) is 0 Å². The molecule has 2 rings (SSSR count). The smallest absolute Gasteiger partial charge is 0.191 e. The summed E-state index contributed by atoms with van der Waals surface area (Å²) in [7, 11) is 0. The standard InChI is InChI=1S/C12H21N3O2S/c1-10(2)15-9-13-14-12(15)18-8-7-17-11-5-3-4-6-16-11/h9-11H,3-8H2,1-2H3/t11-/m0/s1. The topological polar surface area (TPSA) is 49.2 Å². The highest BCUT2D eigenvalue weighted by Gasteiger charge is 2.14. The third kappa shape index (κ3) is 3.96. The van der Waals surface area contributed by atoms with Gasteiger partial charge in [-0.1, -0.05) is 11.8 Å². The predicted molar refractivity (Wildman–Crippen MR) is 70.7 cm³/mol. The average molecular weight is 271 g/mol. The van der Waals surface area contributed by atoms with Gasteiger partial charge in [-0.15, -0.1) is 10.2 Å². The van der Waals surface area contributed by atoms with Gasteiger partial charge in [0.05, 0.1) is 6.61 Å². The second kappa shape index (κ2) is 7.11. The van der Waals surface area contributed by atoms with Gasteiger partial charge < -0.3 is 14.0 Å². The zero-order valence-electron chi connectivity index (χ0n) is 11.0. The first-order valence-electron chi connectivity index (χ1n) is 6.53. The predicted octanol–water partition coefficient (Wildman–Crippen LogP) is 2.49. The third-order valence-electron chi connectivity index (χ3n) is 2.85. The van der Waals surface area contributed by atoms with E-state index in [9.17, 15) is 0 Å². The van der Waals surface area contributed by atoms with E-state index in [-0.39, 0.29) is 6.29 Å². The quantitative estimate of drug-likeness (QED) is 0.587. The van der Waals surface area contributed by atoms with Gasteiger partial charge in [0.15, 0.2) is 11.4 Å². The van der Waals surface area contributed by atoms with E-state index in [1.54, 1.807) is 18.1 Å². The fourth-order valence-corrected chi connectivity index (χ4v) is 2.72. The molecule has 0 aliphatic carbocycles. The summed E-state index contributed by atoms with van der Waals surface area (Å²) < 4.78 is 13.3. The van der Waals surface area contributed by atoms with Crippen molar-refractivity contribution in [3.8, 4) is 0 Å². The molecule has 0 saturated carbocycles. The van der Waals surface area contributed by atoms with Gasteiger partial charge in [-0.3, -0.25) is 0 Å². The molecule has 1 aromatic heterocycles. The first kappa shape index (κ1) is 13.8. The molecule has 1 aromatic rings. The van der Waals surface area contributed by atoms with Crippen LogP contribution in [0.15, 0.2) is 11.5 Å². The number of hydrogen-bond acceptors (Lipinski definition) is 5. The summed E-state index contributed by atoms with van der Waals surface area (Å²) in [6, 6.07) is 0.394. The Morgan fingerprint density at radius 1 is 1.56 bits per heavy atom. The lowest BCUT2D eigenvalue weighted by molar-refractivity contribution is -0.158. The Morgan fingerprint density at radius 2 is 2.44 bits per heavy atom. The van der Waals surface area contributed by atoms with Crippen LogP contribution in [0.4, 0.5) is 0 Å². The van der Waals surface area contributed by atoms with Gasteiger partial charge in [0.25, 0.3) is 0 Å². The molecule has 1 fully saturated rings. The van der Waals surface area contributed by atoms with Crippen LogP contribution in [0.3, 0.4) is 0 Å². The van der Waals surface area contributed by atoms with E-state index >= 15 is 0 Å². The molecule has 2 heterocycles. The van der Waals surface area contributed by atoms with Gasteiger partial charge in [-0.2, -0.15) is 0 Å². The summed E-state index contributed by atoms with van der Waals surface area (Å²) in [5.41, 5.74) is 0. The number of hydrogen-bond donors (Lipinski definition) is 0. The van der Waals surface area contributed by atoms with Gasteiger partial charge in [-0.25, -0.2) is 0 Å². The van der Waals surface area contributed by atoms with Crippen molar-refractivity contribution in [1.29, 1.82) is 0 Å². The van der Waals surface area contributed by atoms with E-state index in [0.717, 1.165) is 30.4 Å². The van der Waals surface area contributed by atoms with Crippen LogP contribution in [0.1, 0.15) is 39.2 Å². The molecule has 102 valence electrons. The molecule has 1 aliphatic heterocycles. The van der Waals surface area contributed by atoms with Crippen molar-refractivity contribution in [1.82, 2.24) is 14.8 Å². The summed E-state index contributed by atoms with van der Waals surface area (Å²) in [4.78, 5) is 0. The van der Waals surface area contributed by atoms with Crippen LogP contribution in [0, 0.1) is 0 Å². The van der Waals surface area contributed by atoms with E-state index in [0.29, 0.717) is 12.6 Å². The highest BCUT2D eigenvalue weighted by atomic mass is 32.2. The molecule has 0 N–H and O–H groups in total. The molecular formula is C12H21N3O2S.